The molecule has 1 aromatic rings. The Morgan fingerprint density at radius 1 is 1.41 bits per heavy atom. The van der Waals surface area contributed by atoms with Gasteiger partial charge in [-0.05, 0) is 24.5 Å². The molecule has 0 heterocycles. The molecule has 0 radical (unpaired) electrons. The number of nitrogens with two attached hydrogens (primary N) is 1. The third-order valence-electron chi connectivity index (χ3n) is 3.44. The summed E-state index contributed by atoms with van der Waals surface area (Å²) in [7, 11) is 0. The lowest BCUT2D eigenvalue weighted by Gasteiger charge is -2.35. The maximum Gasteiger partial charge on any atom is 0.129 e. The molecule has 96 valence electrons. The Hall–Kier alpha value is -1.00. The first-order valence-corrected chi connectivity index (χ1v) is 5.77. The van der Waals surface area contributed by atoms with Crippen LogP contribution in [0.25, 0.3) is 0 Å². The molecule has 1 aromatic carbocycles. The highest BCUT2D eigenvalue weighted by molar-refractivity contribution is 5.29. The summed E-state index contributed by atoms with van der Waals surface area (Å²) in [4.78, 5) is 0. The first-order chi connectivity index (χ1) is 7.95. The van der Waals surface area contributed by atoms with Gasteiger partial charge in [0.25, 0.3) is 0 Å². The van der Waals surface area contributed by atoms with Crippen LogP contribution < -0.4 is 5.73 Å². The summed E-state index contributed by atoms with van der Waals surface area (Å²) in [5, 5.41) is 9.10. The largest absolute Gasteiger partial charge is 0.396 e. The van der Waals surface area contributed by atoms with E-state index in [-0.39, 0.29) is 12.6 Å². The summed E-state index contributed by atoms with van der Waals surface area (Å²) in [6, 6.07) is 3.20. The Bertz CT molecular complexity index is 384. The molecule has 2 nitrogen and oxygen atoms in total. The van der Waals surface area contributed by atoms with Gasteiger partial charge < -0.3 is 10.8 Å². The van der Waals surface area contributed by atoms with Gasteiger partial charge in [0.05, 0.1) is 0 Å². The highest BCUT2D eigenvalue weighted by Crippen LogP contribution is 2.33. The van der Waals surface area contributed by atoms with Crippen LogP contribution in [0.5, 0.6) is 0 Å². The standard InChI is InChI=1S/C13H19F2NO/c1-3-12(16)13(2,6-7-17)10-5-4-9(14)8-11(10)15/h4-5,8,12,17H,3,6-7,16H2,1-2H3. The minimum atomic E-state index is -0.679. The van der Waals surface area contributed by atoms with E-state index in [1.54, 1.807) is 6.92 Å². The average molecular weight is 243 g/mol. The summed E-state index contributed by atoms with van der Waals surface area (Å²) < 4.78 is 26.7. The van der Waals surface area contributed by atoms with E-state index >= 15 is 0 Å². The zero-order chi connectivity index (χ0) is 13.1. The van der Waals surface area contributed by atoms with Crippen LogP contribution in [0.2, 0.25) is 0 Å². The molecular formula is C13H19F2NO. The summed E-state index contributed by atoms with van der Waals surface area (Å²) >= 11 is 0. The Kier molecular flexibility index (Phi) is 4.60. The van der Waals surface area contributed by atoms with Crippen LogP contribution in [-0.4, -0.2) is 17.8 Å². The van der Waals surface area contributed by atoms with Crippen molar-refractivity contribution < 1.29 is 13.9 Å². The van der Waals surface area contributed by atoms with Crippen molar-refractivity contribution in [1.82, 2.24) is 0 Å². The monoisotopic (exact) mass is 243 g/mol. The van der Waals surface area contributed by atoms with Crippen molar-refractivity contribution in [3.8, 4) is 0 Å². The molecule has 0 saturated carbocycles. The molecule has 0 fully saturated rings. The number of halogens is 2. The summed E-state index contributed by atoms with van der Waals surface area (Å²) in [5.74, 6) is -1.22. The summed E-state index contributed by atoms with van der Waals surface area (Å²) in [5.41, 5.74) is 5.69. The smallest absolute Gasteiger partial charge is 0.129 e. The van der Waals surface area contributed by atoms with E-state index in [2.05, 4.69) is 0 Å². The topological polar surface area (TPSA) is 46.2 Å². The minimum Gasteiger partial charge on any atom is -0.396 e. The predicted octanol–water partition coefficient (Wildman–Crippen LogP) is 2.34. The van der Waals surface area contributed by atoms with Gasteiger partial charge in [-0.25, -0.2) is 8.78 Å². The molecule has 17 heavy (non-hydrogen) atoms. The van der Waals surface area contributed by atoms with Crippen LogP contribution in [0.4, 0.5) is 8.78 Å². The molecule has 0 aliphatic heterocycles. The zero-order valence-corrected chi connectivity index (χ0v) is 10.2. The van der Waals surface area contributed by atoms with Gasteiger partial charge in [-0.3, -0.25) is 0 Å². The van der Waals surface area contributed by atoms with Crippen molar-refractivity contribution >= 4 is 0 Å². The maximum atomic E-state index is 13.8. The van der Waals surface area contributed by atoms with Gasteiger partial charge >= 0.3 is 0 Å². The molecule has 0 aliphatic rings. The van der Waals surface area contributed by atoms with E-state index in [9.17, 15) is 8.78 Å². The lowest BCUT2D eigenvalue weighted by Crippen LogP contribution is -2.44. The fourth-order valence-corrected chi connectivity index (χ4v) is 2.16. The number of benzene rings is 1. The second kappa shape index (κ2) is 5.56. The molecule has 2 atom stereocenters. The Morgan fingerprint density at radius 2 is 2.06 bits per heavy atom. The predicted molar refractivity (Wildman–Crippen MR) is 63.7 cm³/mol. The highest BCUT2D eigenvalue weighted by atomic mass is 19.1. The van der Waals surface area contributed by atoms with Crippen LogP contribution >= 0.6 is 0 Å². The Morgan fingerprint density at radius 3 is 2.53 bits per heavy atom. The normalized spacial score (nSPS) is 16.6. The first kappa shape index (κ1) is 14.1. The fraction of sp³-hybridized carbons (Fsp3) is 0.538. The van der Waals surface area contributed by atoms with E-state index in [1.807, 2.05) is 6.92 Å². The van der Waals surface area contributed by atoms with E-state index in [4.69, 9.17) is 10.8 Å². The second-order valence-corrected chi connectivity index (χ2v) is 4.53. The van der Waals surface area contributed by atoms with Gasteiger partial charge in [-0.15, -0.1) is 0 Å². The molecule has 4 heteroatoms. The van der Waals surface area contributed by atoms with Crippen LogP contribution in [0, 0.1) is 11.6 Å². The lowest BCUT2D eigenvalue weighted by molar-refractivity contribution is 0.219. The van der Waals surface area contributed by atoms with Crippen molar-refractivity contribution in [2.45, 2.75) is 38.1 Å². The zero-order valence-electron chi connectivity index (χ0n) is 10.2. The minimum absolute atomic E-state index is 0.0823. The van der Waals surface area contributed by atoms with Gasteiger partial charge in [0.15, 0.2) is 0 Å². The molecule has 3 N–H and O–H groups in total. The van der Waals surface area contributed by atoms with Crippen molar-refractivity contribution in [2.75, 3.05) is 6.61 Å². The van der Waals surface area contributed by atoms with Crippen LogP contribution in [0.15, 0.2) is 18.2 Å². The molecule has 0 saturated heterocycles. The number of aliphatic hydroxyl groups excluding tert-OH is 1. The number of hydrogen-bond donors (Lipinski definition) is 2. The Balaban J connectivity index is 3.21. The summed E-state index contributed by atoms with van der Waals surface area (Å²) in [6.07, 6.45) is 1.01. The lowest BCUT2D eigenvalue weighted by atomic mass is 9.72. The van der Waals surface area contributed by atoms with Crippen LogP contribution in [-0.2, 0) is 5.41 Å². The van der Waals surface area contributed by atoms with Gasteiger partial charge in [-0.2, -0.15) is 0 Å². The number of rotatable bonds is 5. The third kappa shape index (κ3) is 2.82. The molecule has 1 rings (SSSR count). The van der Waals surface area contributed by atoms with Crippen molar-refractivity contribution in [3.05, 3.63) is 35.4 Å². The Labute approximate surface area is 100 Å². The van der Waals surface area contributed by atoms with E-state index < -0.39 is 17.0 Å². The quantitative estimate of drug-likeness (QED) is 0.833. The SMILES string of the molecule is CCC(N)C(C)(CCO)c1ccc(F)cc1F. The van der Waals surface area contributed by atoms with Crippen LogP contribution in [0.1, 0.15) is 32.3 Å². The van der Waals surface area contributed by atoms with E-state index in [1.165, 1.54) is 12.1 Å². The number of hydrogen-bond acceptors (Lipinski definition) is 2. The highest BCUT2D eigenvalue weighted by Gasteiger charge is 2.34. The van der Waals surface area contributed by atoms with Crippen molar-refractivity contribution in [2.24, 2.45) is 5.73 Å². The van der Waals surface area contributed by atoms with E-state index in [0.717, 1.165) is 6.07 Å². The molecule has 0 aliphatic carbocycles. The summed E-state index contributed by atoms with van der Waals surface area (Å²) in [6.45, 7) is 3.62. The molecule has 0 spiro atoms. The van der Waals surface area contributed by atoms with Crippen molar-refractivity contribution in [3.63, 3.8) is 0 Å². The molecular weight excluding hydrogens is 224 g/mol. The molecule has 0 bridgehead atoms. The molecule has 2 unspecified atom stereocenters. The van der Waals surface area contributed by atoms with Gasteiger partial charge in [-0.1, -0.05) is 19.9 Å². The average Bonchev–Trinajstić information content (AvgIpc) is 2.27. The fourth-order valence-electron chi connectivity index (χ4n) is 2.16. The van der Waals surface area contributed by atoms with E-state index in [0.29, 0.717) is 18.4 Å². The van der Waals surface area contributed by atoms with Gasteiger partial charge in [0.1, 0.15) is 11.6 Å². The third-order valence-corrected chi connectivity index (χ3v) is 3.44. The molecule has 0 aromatic heterocycles. The maximum absolute atomic E-state index is 13.8. The van der Waals surface area contributed by atoms with Gasteiger partial charge in [0.2, 0.25) is 0 Å². The van der Waals surface area contributed by atoms with Gasteiger partial charge in [0, 0.05) is 24.1 Å². The number of aliphatic hydroxyl groups is 1. The van der Waals surface area contributed by atoms with Crippen molar-refractivity contribution in [1.29, 1.82) is 0 Å². The second-order valence-electron chi connectivity index (χ2n) is 4.53. The first-order valence-electron chi connectivity index (χ1n) is 5.77. The van der Waals surface area contributed by atoms with Crippen LogP contribution in [0.3, 0.4) is 0 Å². The molecule has 0 amide bonds.